The van der Waals surface area contributed by atoms with Gasteiger partial charge in [0.15, 0.2) is 11.5 Å². The lowest BCUT2D eigenvalue weighted by atomic mass is 10.0. The van der Waals surface area contributed by atoms with Crippen molar-refractivity contribution in [3.8, 4) is 23.0 Å². The second-order valence-corrected chi connectivity index (χ2v) is 4.68. The average Bonchev–Trinajstić information content (AvgIpc) is 2.46. The second-order valence-electron chi connectivity index (χ2n) is 4.68. The van der Waals surface area contributed by atoms with E-state index in [1.807, 2.05) is 0 Å². The summed E-state index contributed by atoms with van der Waals surface area (Å²) >= 11 is 0. The molecule has 0 aromatic heterocycles. The highest BCUT2D eigenvalue weighted by Gasteiger charge is 2.17. The Morgan fingerprint density at radius 2 is 1.64 bits per heavy atom. The van der Waals surface area contributed by atoms with Crippen LogP contribution in [-0.4, -0.2) is 28.2 Å². The third-order valence-electron chi connectivity index (χ3n) is 3.10. The van der Waals surface area contributed by atoms with E-state index < -0.39 is 17.3 Å². The Kier molecular flexibility index (Phi) is 4.85. The summed E-state index contributed by atoms with van der Waals surface area (Å²) in [5, 5.41) is 28.6. The number of aryl methyl sites for hydroxylation is 1. The first kappa shape index (κ1) is 15.7. The Hall–Kier alpha value is -2.73. The molecule has 0 spiro atoms. The second kappa shape index (κ2) is 6.82. The Labute approximate surface area is 127 Å². The third-order valence-corrected chi connectivity index (χ3v) is 3.10. The molecule has 2 aromatic rings. The maximum atomic E-state index is 12.1. The van der Waals surface area contributed by atoms with Crippen LogP contribution in [0.25, 0.3) is 0 Å². The number of phenolic OH excluding ortho intramolecular Hbond substituents is 3. The van der Waals surface area contributed by atoms with Crippen LogP contribution in [0.5, 0.6) is 23.0 Å². The van der Waals surface area contributed by atoms with E-state index in [4.69, 9.17) is 4.89 Å². The van der Waals surface area contributed by atoms with E-state index >= 15 is 0 Å². The van der Waals surface area contributed by atoms with Crippen molar-refractivity contribution in [2.24, 2.45) is 0 Å². The lowest BCUT2D eigenvalue weighted by Gasteiger charge is -2.07. The van der Waals surface area contributed by atoms with Gasteiger partial charge in [-0.1, -0.05) is 12.1 Å². The van der Waals surface area contributed by atoms with Crippen LogP contribution in [0.2, 0.25) is 0 Å². The van der Waals surface area contributed by atoms with E-state index in [2.05, 4.69) is 4.89 Å². The Balaban J connectivity index is 2.04. The first-order valence-corrected chi connectivity index (χ1v) is 6.59. The van der Waals surface area contributed by atoms with Gasteiger partial charge >= 0.3 is 0 Å². The zero-order valence-electron chi connectivity index (χ0n) is 11.9. The van der Waals surface area contributed by atoms with E-state index in [-0.39, 0.29) is 17.7 Å². The van der Waals surface area contributed by atoms with Gasteiger partial charge in [0.05, 0.1) is 7.11 Å². The summed E-state index contributed by atoms with van der Waals surface area (Å²) in [6, 6.07) is 9.03. The number of benzene rings is 2. The highest BCUT2D eigenvalue weighted by atomic mass is 17.2. The Morgan fingerprint density at radius 1 is 1.05 bits per heavy atom. The fourth-order valence-corrected chi connectivity index (χ4v) is 2.07. The monoisotopic (exact) mass is 304 g/mol. The molecule has 22 heavy (non-hydrogen) atoms. The maximum absolute atomic E-state index is 12.1. The van der Waals surface area contributed by atoms with E-state index in [9.17, 15) is 20.1 Å². The van der Waals surface area contributed by atoms with Crippen LogP contribution in [0.1, 0.15) is 22.3 Å². The molecule has 0 aliphatic carbocycles. The van der Waals surface area contributed by atoms with Crippen molar-refractivity contribution < 1.29 is 29.9 Å². The van der Waals surface area contributed by atoms with Crippen LogP contribution in [0, 0.1) is 0 Å². The van der Waals surface area contributed by atoms with Gasteiger partial charge in [-0.3, -0.25) is 4.79 Å². The van der Waals surface area contributed by atoms with Crippen molar-refractivity contribution in [3.05, 3.63) is 47.5 Å². The molecule has 0 fully saturated rings. The minimum atomic E-state index is -0.439. The molecule has 0 unspecified atom stereocenters. The molecule has 116 valence electrons. The van der Waals surface area contributed by atoms with E-state index in [1.165, 1.54) is 7.11 Å². The highest BCUT2D eigenvalue weighted by molar-refractivity contribution is 6.01. The summed E-state index contributed by atoms with van der Waals surface area (Å²) in [6.45, 7) is 0. The standard InChI is InChI=1S/C16H16O6/c1-21-22-12-5-2-10(3-6-12)4-7-13(18)16-14(19)8-11(17)9-15(16)20/h2-3,5-6,8-9,17,19-20H,4,7H2,1H3. The molecule has 3 N–H and O–H groups in total. The van der Waals surface area contributed by atoms with Gasteiger partial charge in [-0.05, 0) is 24.1 Å². The number of carbonyl (C=O) groups is 1. The highest BCUT2D eigenvalue weighted by Crippen LogP contribution is 2.33. The number of Topliss-reactive ketones (excluding diaryl/α,β-unsaturated/α-hetero) is 1. The van der Waals surface area contributed by atoms with Crippen LogP contribution in [0.15, 0.2) is 36.4 Å². The molecular formula is C16H16O6. The van der Waals surface area contributed by atoms with Crippen LogP contribution in [-0.2, 0) is 11.3 Å². The van der Waals surface area contributed by atoms with E-state index in [0.717, 1.165) is 17.7 Å². The summed E-state index contributed by atoms with van der Waals surface area (Å²) in [4.78, 5) is 21.5. The molecule has 0 heterocycles. The van der Waals surface area contributed by atoms with Gasteiger partial charge in [0, 0.05) is 18.6 Å². The van der Waals surface area contributed by atoms with Crippen LogP contribution >= 0.6 is 0 Å². The molecule has 0 amide bonds. The van der Waals surface area contributed by atoms with Crippen molar-refractivity contribution in [2.75, 3.05) is 7.11 Å². The van der Waals surface area contributed by atoms with Gasteiger partial charge in [-0.25, -0.2) is 0 Å². The largest absolute Gasteiger partial charge is 0.508 e. The minimum Gasteiger partial charge on any atom is -0.508 e. The smallest absolute Gasteiger partial charge is 0.170 e. The van der Waals surface area contributed by atoms with Crippen LogP contribution < -0.4 is 4.89 Å². The molecule has 0 aliphatic heterocycles. The van der Waals surface area contributed by atoms with Gasteiger partial charge in [-0.15, -0.1) is 0 Å². The van der Waals surface area contributed by atoms with E-state index in [1.54, 1.807) is 24.3 Å². The van der Waals surface area contributed by atoms with Crippen molar-refractivity contribution in [3.63, 3.8) is 0 Å². The zero-order chi connectivity index (χ0) is 16.1. The quantitative estimate of drug-likeness (QED) is 0.431. The van der Waals surface area contributed by atoms with Crippen LogP contribution in [0.4, 0.5) is 0 Å². The molecule has 6 nitrogen and oxygen atoms in total. The topological polar surface area (TPSA) is 96.2 Å². The molecule has 6 heteroatoms. The summed E-state index contributed by atoms with van der Waals surface area (Å²) < 4.78 is 0. The number of hydrogen-bond donors (Lipinski definition) is 3. The van der Waals surface area contributed by atoms with Gasteiger partial charge < -0.3 is 20.2 Å². The molecule has 0 bridgehead atoms. The third kappa shape index (κ3) is 3.67. The molecule has 0 atom stereocenters. The summed E-state index contributed by atoms with van der Waals surface area (Å²) in [7, 11) is 1.41. The molecular weight excluding hydrogens is 288 g/mol. The molecule has 0 aliphatic rings. The number of rotatable bonds is 6. The molecule has 0 saturated heterocycles. The Morgan fingerprint density at radius 3 is 2.18 bits per heavy atom. The van der Waals surface area contributed by atoms with Gasteiger partial charge in [-0.2, -0.15) is 4.89 Å². The maximum Gasteiger partial charge on any atom is 0.170 e. The van der Waals surface area contributed by atoms with Gasteiger partial charge in [0.1, 0.15) is 22.8 Å². The lowest BCUT2D eigenvalue weighted by molar-refractivity contribution is -0.178. The molecule has 0 radical (unpaired) electrons. The van der Waals surface area contributed by atoms with Crippen molar-refractivity contribution in [1.82, 2.24) is 0 Å². The number of ketones is 1. The normalized spacial score (nSPS) is 10.4. The fraction of sp³-hybridized carbons (Fsp3) is 0.188. The SMILES string of the molecule is COOc1ccc(CCC(=O)c2c(O)cc(O)cc2O)cc1. The van der Waals surface area contributed by atoms with Crippen molar-refractivity contribution in [1.29, 1.82) is 0 Å². The first-order chi connectivity index (χ1) is 10.5. The predicted octanol–water partition coefficient (Wildman–Crippen LogP) is 2.56. The lowest BCUT2D eigenvalue weighted by Crippen LogP contribution is -2.02. The van der Waals surface area contributed by atoms with Crippen LogP contribution in [0.3, 0.4) is 0 Å². The predicted molar refractivity (Wildman–Crippen MR) is 78.2 cm³/mol. The molecule has 2 rings (SSSR count). The summed E-state index contributed by atoms with van der Waals surface area (Å²) in [5.74, 6) is -1.04. The number of aromatic hydroxyl groups is 3. The minimum absolute atomic E-state index is 0.108. The number of hydrogen-bond acceptors (Lipinski definition) is 6. The molecule has 2 aromatic carbocycles. The first-order valence-electron chi connectivity index (χ1n) is 6.59. The average molecular weight is 304 g/mol. The summed E-state index contributed by atoms with van der Waals surface area (Å²) in [6.07, 6.45) is 0.544. The zero-order valence-corrected chi connectivity index (χ0v) is 11.9. The number of phenols is 3. The van der Waals surface area contributed by atoms with E-state index in [0.29, 0.717) is 12.2 Å². The fourth-order valence-electron chi connectivity index (χ4n) is 2.07. The number of carbonyl (C=O) groups excluding carboxylic acids is 1. The van der Waals surface area contributed by atoms with Gasteiger partial charge in [0.25, 0.3) is 0 Å². The van der Waals surface area contributed by atoms with Crippen molar-refractivity contribution in [2.45, 2.75) is 12.8 Å². The Bertz CT molecular complexity index is 640. The summed E-state index contributed by atoms with van der Waals surface area (Å²) in [5.41, 5.74) is 0.715. The van der Waals surface area contributed by atoms with Crippen molar-refractivity contribution >= 4 is 5.78 Å². The van der Waals surface area contributed by atoms with Gasteiger partial charge in [0.2, 0.25) is 0 Å². The molecule has 0 saturated carbocycles.